The van der Waals surface area contributed by atoms with Crippen LogP contribution in [-0.2, 0) is 19.4 Å². The number of aryl methyl sites for hydroxylation is 2. The summed E-state index contributed by atoms with van der Waals surface area (Å²) in [5.41, 5.74) is 5.09. The lowest BCUT2D eigenvalue weighted by atomic mass is 10.1. The Morgan fingerprint density at radius 2 is 1.95 bits per heavy atom. The van der Waals surface area contributed by atoms with Crippen molar-refractivity contribution in [3.05, 3.63) is 67.7 Å². The lowest BCUT2D eigenvalue weighted by molar-refractivity contribution is -0.384. The van der Waals surface area contributed by atoms with Crippen molar-refractivity contribution in [1.29, 1.82) is 0 Å². The first-order valence-corrected chi connectivity index (χ1v) is 7.71. The van der Waals surface area contributed by atoms with E-state index < -0.39 is 0 Å². The molecule has 0 atom stereocenters. The number of nitro groups is 1. The molecule has 1 N–H and O–H groups in total. The summed E-state index contributed by atoms with van der Waals surface area (Å²) in [7, 11) is 0. The maximum Gasteiger partial charge on any atom is 0.270 e. The lowest BCUT2D eigenvalue weighted by Crippen LogP contribution is -2.01. The topological polar surface area (TPSA) is 55.2 Å². The van der Waals surface area contributed by atoms with E-state index in [9.17, 15) is 10.1 Å². The summed E-state index contributed by atoms with van der Waals surface area (Å²) in [5.74, 6) is 0. The van der Waals surface area contributed by atoms with Gasteiger partial charge in [0.1, 0.15) is 0 Å². The SMILES string of the molecule is O=[N+]([O-])c1ccc(CNc2ccc3c(c2)CCC3)c(Br)c1. The highest BCUT2D eigenvalue weighted by Gasteiger charge is 2.11. The summed E-state index contributed by atoms with van der Waals surface area (Å²) in [5, 5.41) is 14.1. The van der Waals surface area contributed by atoms with Crippen LogP contribution in [0.1, 0.15) is 23.1 Å². The molecule has 0 radical (unpaired) electrons. The van der Waals surface area contributed by atoms with Crippen molar-refractivity contribution >= 4 is 27.3 Å². The molecule has 1 aliphatic rings. The number of benzene rings is 2. The number of nitrogens with zero attached hydrogens (tertiary/aromatic N) is 1. The minimum atomic E-state index is -0.386. The largest absolute Gasteiger partial charge is 0.381 e. The highest BCUT2D eigenvalue weighted by atomic mass is 79.9. The summed E-state index contributed by atoms with van der Waals surface area (Å²) in [4.78, 5) is 10.3. The number of halogens is 1. The Balaban J connectivity index is 1.71. The molecule has 21 heavy (non-hydrogen) atoms. The van der Waals surface area contributed by atoms with Gasteiger partial charge in [0.25, 0.3) is 5.69 Å². The minimum absolute atomic E-state index is 0.100. The molecule has 5 heteroatoms. The molecule has 0 saturated heterocycles. The first kappa shape index (κ1) is 14.1. The summed E-state index contributed by atoms with van der Waals surface area (Å²) in [6, 6.07) is 11.4. The number of nitrogens with one attached hydrogen (secondary N) is 1. The monoisotopic (exact) mass is 346 g/mol. The standard InChI is InChI=1S/C16H15BrN2O2/c17-16-9-15(19(20)21)7-5-13(16)10-18-14-6-4-11-2-1-3-12(11)8-14/h4-9,18H,1-3,10H2. The van der Waals surface area contributed by atoms with Gasteiger partial charge in [-0.2, -0.15) is 0 Å². The fourth-order valence-corrected chi connectivity index (χ4v) is 3.18. The molecule has 1 aliphatic carbocycles. The third-order valence-electron chi connectivity index (χ3n) is 3.83. The Morgan fingerprint density at radius 1 is 1.14 bits per heavy atom. The van der Waals surface area contributed by atoms with Gasteiger partial charge in [0, 0.05) is 28.8 Å². The van der Waals surface area contributed by atoms with E-state index in [0.29, 0.717) is 6.54 Å². The maximum absolute atomic E-state index is 10.7. The van der Waals surface area contributed by atoms with Gasteiger partial charge in [-0.05, 0) is 54.2 Å². The van der Waals surface area contributed by atoms with Crippen molar-refractivity contribution in [3.8, 4) is 0 Å². The third kappa shape index (κ3) is 3.08. The van der Waals surface area contributed by atoms with Gasteiger partial charge >= 0.3 is 0 Å². The summed E-state index contributed by atoms with van der Waals surface area (Å²) >= 11 is 3.39. The van der Waals surface area contributed by atoms with E-state index in [1.54, 1.807) is 12.1 Å². The summed E-state index contributed by atoms with van der Waals surface area (Å²) in [6.07, 6.45) is 3.59. The van der Waals surface area contributed by atoms with Crippen LogP contribution < -0.4 is 5.32 Å². The van der Waals surface area contributed by atoms with Crippen molar-refractivity contribution < 1.29 is 4.92 Å². The van der Waals surface area contributed by atoms with E-state index >= 15 is 0 Å². The molecule has 0 saturated carbocycles. The van der Waals surface area contributed by atoms with Crippen LogP contribution in [0.15, 0.2) is 40.9 Å². The maximum atomic E-state index is 10.7. The molecule has 0 heterocycles. The zero-order valence-electron chi connectivity index (χ0n) is 11.4. The highest BCUT2D eigenvalue weighted by molar-refractivity contribution is 9.10. The number of nitro benzene ring substituents is 1. The Morgan fingerprint density at radius 3 is 2.71 bits per heavy atom. The Labute approximate surface area is 131 Å². The predicted molar refractivity (Wildman–Crippen MR) is 86.6 cm³/mol. The normalized spacial score (nSPS) is 13.0. The second-order valence-corrected chi connectivity index (χ2v) is 6.08. The number of hydrogen-bond donors (Lipinski definition) is 1. The predicted octanol–water partition coefficient (Wildman–Crippen LogP) is 4.46. The summed E-state index contributed by atoms with van der Waals surface area (Å²) < 4.78 is 0.755. The molecule has 4 nitrogen and oxygen atoms in total. The van der Waals surface area contributed by atoms with Crippen LogP contribution in [0.2, 0.25) is 0 Å². The zero-order valence-corrected chi connectivity index (χ0v) is 13.0. The minimum Gasteiger partial charge on any atom is -0.381 e. The summed E-state index contributed by atoms with van der Waals surface area (Å²) in [6.45, 7) is 0.636. The average molecular weight is 347 g/mol. The molecule has 3 rings (SSSR count). The van der Waals surface area contributed by atoms with E-state index in [2.05, 4.69) is 39.4 Å². The first-order chi connectivity index (χ1) is 10.1. The van der Waals surface area contributed by atoms with Gasteiger partial charge in [-0.25, -0.2) is 0 Å². The Bertz CT molecular complexity index is 701. The molecule has 0 aromatic heterocycles. The number of fused-ring (bicyclic) bond motifs is 1. The fraction of sp³-hybridized carbons (Fsp3) is 0.250. The average Bonchev–Trinajstić information content (AvgIpc) is 2.93. The van der Waals surface area contributed by atoms with Gasteiger partial charge in [-0.3, -0.25) is 10.1 Å². The number of anilines is 1. The van der Waals surface area contributed by atoms with Crippen molar-refractivity contribution in [2.24, 2.45) is 0 Å². The van der Waals surface area contributed by atoms with Crippen LogP contribution in [0, 0.1) is 10.1 Å². The van der Waals surface area contributed by atoms with Crippen LogP contribution in [0.5, 0.6) is 0 Å². The molecule has 2 aromatic carbocycles. The molecule has 0 bridgehead atoms. The Hall–Kier alpha value is -1.88. The van der Waals surface area contributed by atoms with Crippen LogP contribution in [0.4, 0.5) is 11.4 Å². The van der Waals surface area contributed by atoms with E-state index in [1.165, 1.54) is 30.0 Å². The smallest absolute Gasteiger partial charge is 0.270 e. The molecule has 0 spiro atoms. The zero-order chi connectivity index (χ0) is 14.8. The molecule has 0 fully saturated rings. The molecule has 0 unspecified atom stereocenters. The van der Waals surface area contributed by atoms with E-state index in [1.807, 2.05) is 0 Å². The number of hydrogen-bond acceptors (Lipinski definition) is 3. The van der Waals surface area contributed by atoms with Crippen molar-refractivity contribution in [1.82, 2.24) is 0 Å². The molecule has 108 valence electrons. The second-order valence-electron chi connectivity index (χ2n) is 5.22. The fourth-order valence-electron chi connectivity index (χ4n) is 2.67. The molecular weight excluding hydrogens is 332 g/mol. The van der Waals surface area contributed by atoms with E-state index in [4.69, 9.17) is 0 Å². The van der Waals surface area contributed by atoms with Crippen molar-refractivity contribution in [3.63, 3.8) is 0 Å². The van der Waals surface area contributed by atoms with Gasteiger partial charge in [0.2, 0.25) is 0 Å². The molecule has 0 amide bonds. The Kier molecular flexibility index (Phi) is 3.92. The van der Waals surface area contributed by atoms with E-state index in [-0.39, 0.29) is 10.6 Å². The van der Waals surface area contributed by atoms with Crippen molar-refractivity contribution in [2.45, 2.75) is 25.8 Å². The third-order valence-corrected chi connectivity index (χ3v) is 4.57. The number of non-ortho nitro benzene ring substituents is 1. The second kappa shape index (κ2) is 5.85. The van der Waals surface area contributed by atoms with Crippen LogP contribution >= 0.6 is 15.9 Å². The molecule has 0 aliphatic heterocycles. The van der Waals surface area contributed by atoms with Crippen molar-refractivity contribution in [2.75, 3.05) is 5.32 Å². The van der Waals surface area contributed by atoms with Crippen LogP contribution in [0.25, 0.3) is 0 Å². The van der Waals surface area contributed by atoms with Crippen LogP contribution in [-0.4, -0.2) is 4.92 Å². The van der Waals surface area contributed by atoms with Gasteiger partial charge in [0.15, 0.2) is 0 Å². The lowest BCUT2D eigenvalue weighted by Gasteiger charge is -2.10. The van der Waals surface area contributed by atoms with Crippen LogP contribution in [0.3, 0.4) is 0 Å². The number of rotatable bonds is 4. The van der Waals surface area contributed by atoms with Gasteiger partial charge in [0.05, 0.1) is 4.92 Å². The quantitative estimate of drug-likeness (QED) is 0.656. The first-order valence-electron chi connectivity index (χ1n) is 6.92. The van der Waals surface area contributed by atoms with E-state index in [0.717, 1.165) is 22.1 Å². The highest BCUT2D eigenvalue weighted by Crippen LogP contribution is 2.27. The van der Waals surface area contributed by atoms with Gasteiger partial charge in [-0.15, -0.1) is 0 Å². The van der Waals surface area contributed by atoms with Gasteiger partial charge < -0.3 is 5.32 Å². The molecule has 2 aromatic rings. The van der Waals surface area contributed by atoms with Gasteiger partial charge in [-0.1, -0.05) is 22.0 Å². The molecular formula is C16H15BrN2O2.